The molecule has 0 aliphatic carbocycles. The second-order valence-electron chi connectivity index (χ2n) is 6.74. The van der Waals surface area contributed by atoms with Crippen molar-refractivity contribution in [3.8, 4) is 0 Å². The predicted molar refractivity (Wildman–Crippen MR) is 114 cm³/mol. The summed E-state index contributed by atoms with van der Waals surface area (Å²) in [5.74, 6) is 0. The van der Waals surface area contributed by atoms with Gasteiger partial charge in [-0.15, -0.1) is 0 Å². The number of anilines is 1. The summed E-state index contributed by atoms with van der Waals surface area (Å²) in [6, 6.07) is 10.4. The zero-order chi connectivity index (χ0) is 19.1. The molecule has 0 unspecified atom stereocenters. The smallest absolute Gasteiger partial charge is 0.173 e. The number of thiocarbonyl (C=S) groups is 1. The van der Waals surface area contributed by atoms with Gasteiger partial charge >= 0.3 is 0 Å². The molecule has 140 valence electrons. The first kappa shape index (κ1) is 19.0. The Bertz CT molecular complexity index is 841. The van der Waals surface area contributed by atoms with Gasteiger partial charge in [-0.05, 0) is 67.4 Å². The van der Waals surface area contributed by atoms with Gasteiger partial charge in [-0.2, -0.15) is 0 Å². The van der Waals surface area contributed by atoms with Crippen LogP contribution in [0, 0.1) is 13.8 Å². The van der Waals surface area contributed by atoms with Crippen LogP contribution in [-0.2, 0) is 13.1 Å². The maximum atomic E-state index is 5.73. The van der Waals surface area contributed by atoms with Gasteiger partial charge in [-0.25, -0.2) is 4.98 Å². The summed E-state index contributed by atoms with van der Waals surface area (Å²) in [7, 11) is 0. The van der Waals surface area contributed by atoms with Crippen LogP contribution in [0.1, 0.15) is 23.1 Å². The van der Waals surface area contributed by atoms with Gasteiger partial charge in [0.05, 0.1) is 6.33 Å². The maximum Gasteiger partial charge on any atom is 0.173 e. The van der Waals surface area contributed by atoms with Gasteiger partial charge in [0.15, 0.2) is 5.11 Å². The fraction of sp³-hybridized carbons (Fsp3) is 0.286. The van der Waals surface area contributed by atoms with E-state index in [0.717, 1.165) is 42.4 Å². The second-order valence-corrected chi connectivity index (χ2v) is 7.13. The first-order valence-corrected chi connectivity index (χ1v) is 9.50. The average Bonchev–Trinajstić information content (AvgIpc) is 3.14. The molecular weight excluding hydrogens is 354 g/mol. The molecule has 1 N–H and O–H groups in total. The van der Waals surface area contributed by atoms with Crippen molar-refractivity contribution in [2.24, 2.45) is 0 Å². The lowest BCUT2D eigenvalue weighted by Gasteiger charge is -2.26. The van der Waals surface area contributed by atoms with E-state index >= 15 is 0 Å². The van der Waals surface area contributed by atoms with Gasteiger partial charge in [0.1, 0.15) is 0 Å². The Morgan fingerprint density at radius 3 is 2.63 bits per heavy atom. The number of hydrogen-bond donors (Lipinski definition) is 1. The number of nitrogens with one attached hydrogen (secondary N) is 1. The maximum absolute atomic E-state index is 5.73. The normalized spacial score (nSPS) is 10.6. The minimum absolute atomic E-state index is 0.731. The third-order valence-corrected chi connectivity index (χ3v) is 4.62. The first-order valence-electron chi connectivity index (χ1n) is 9.09. The van der Waals surface area contributed by atoms with Gasteiger partial charge in [0, 0.05) is 50.1 Å². The van der Waals surface area contributed by atoms with Crippen LogP contribution in [0.15, 0.2) is 61.4 Å². The van der Waals surface area contributed by atoms with E-state index < -0.39 is 0 Å². The molecule has 0 aliphatic rings. The van der Waals surface area contributed by atoms with Crippen molar-refractivity contribution in [2.75, 3.05) is 11.9 Å². The van der Waals surface area contributed by atoms with Gasteiger partial charge in [-0.1, -0.05) is 12.1 Å². The minimum Gasteiger partial charge on any atom is -0.345 e. The van der Waals surface area contributed by atoms with Crippen LogP contribution in [-0.4, -0.2) is 31.1 Å². The number of pyridine rings is 1. The number of aryl methyl sites for hydroxylation is 3. The van der Waals surface area contributed by atoms with E-state index in [4.69, 9.17) is 12.2 Å². The Hall–Kier alpha value is -2.73. The first-order chi connectivity index (χ1) is 13.1. The lowest BCUT2D eigenvalue weighted by molar-refractivity contribution is 0.395. The highest BCUT2D eigenvalue weighted by Crippen LogP contribution is 2.15. The van der Waals surface area contributed by atoms with Crippen molar-refractivity contribution in [2.45, 2.75) is 33.4 Å². The topological polar surface area (TPSA) is 46.0 Å². The predicted octanol–water partition coefficient (Wildman–Crippen LogP) is 4.18. The monoisotopic (exact) mass is 379 g/mol. The van der Waals surface area contributed by atoms with E-state index in [1.807, 2.05) is 24.8 Å². The highest BCUT2D eigenvalue weighted by Gasteiger charge is 2.11. The van der Waals surface area contributed by atoms with E-state index in [1.165, 1.54) is 11.1 Å². The molecule has 3 rings (SSSR count). The lowest BCUT2D eigenvalue weighted by Crippen LogP contribution is -2.35. The molecule has 2 aromatic heterocycles. The standard InChI is InChI=1S/C21H25N5S/c1-17-11-18(2)13-20(12-17)24-21(27)26(15-19-5-3-6-22-14-19)9-4-8-25-10-7-23-16-25/h3,5-7,10-14,16H,4,8-9,15H2,1-2H3,(H,24,27). The van der Waals surface area contributed by atoms with Gasteiger partial charge in [-0.3, -0.25) is 4.98 Å². The van der Waals surface area contributed by atoms with Crippen LogP contribution in [0.4, 0.5) is 5.69 Å². The molecule has 0 fully saturated rings. The SMILES string of the molecule is Cc1cc(C)cc(NC(=S)N(CCCn2ccnc2)Cc2cccnc2)c1. The highest BCUT2D eigenvalue weighted by molar-refractivity contribution is 7.80. The average molecular weight is 380 g/mol. The molecule has 0 amide bonds. The largest absolute Gasteiger partial charge is 0.345 e. The molecule has 3 aromatic rings. The van der Waals surface area contributed by atoms with Gasteiger partial charge in [0.25, 0.3) is 0 Å². The fourth-order valence-electron chi connectivity index (χ4n) is 3.08. The fourth-order valence-corrected chi connectivity index (χ4v) is 3.35. The number of hydrogen-bond acceptors (Lipinski definition) is 3. The Labute approximate surface area is 166 Å². The van der Waals surface area contributed by atoms with Crippen LogP contribution in [0.3, 0.4) is 0 Å². The molecule has 6 heteroatoms. The number of rotatable bonds is 7. The number of benzene rings is 1. The van der Waals surface area contributed by atoms with E-state index in [1.54, 1.807) is 12.4 Å². The van der Waals surface area contributed by atoms with E-state index in [0.29, 0.717) is 0 Å². The zero-order valence-corrected chi connectivity index (χ0v) is 16.6. The van der Waals surface area contributed by atoms with Crippen molar-refractivity contribution in [1.29, 1.82) is 0 Å². The number of imidazole rings is 1. The summed E-state index contributed by atoms with van der Waals surface area (Å²) in [5, 5.41) is 4.14. The highest BCUT2D eigenvalue weighted by atomic mass is 32.1. The summed E-state index contributed by atoms with van der Waals surface area (Å²) in [5.41, 5.74) is 4.62. The minimum atomic E-state index is 0.731. The van der Waals surface area contributed by atoms with E-state index in [9.17, 15) is 0 Å². The van der Waals surface area contributed by atoms with Crippen molar-refractivity contribution < 1.29 is 0 Å². The van der Waals surface area contributed by atoms with Crippen molar-refractivity contribution in [1.82, 2.24) is 19.4 Å². The second kappa shape index (κ2) is 9.28. The third kappa shape index (κ3) is 5.89. The molecule has 0 spiro atoms. The van der Waals surface area contributed by atoms with E-state index in [2.05, 4.69) is 62.9 Å². The van der Waals surface area contributed by atoms with Gasteiger partial charge in [0.2, 0.25) is 0 Å². The molecule has 5 nitrogen and oxygen atoms in total. The molecule has 27 heavy (non-hydrogen) atoms. The summed E-state index contributed by atoms with van der Waals surface area (Å²) in [4.78, 5) is 10.5. The Morgan fingerprint density at radius 2 is 1.96 bits per heavy atom. The summed E-state index contributed by atoms with van der Waals surface area (Å²) in [6.45, 7) is 6.69. The lowest BCUT2D eigenvalue weighted by atomic mass is 10.1. The molecule has 0 saturated carbocycles. The summed E-state index contributed by atoms with van der Waals surface area (Å²) < 4.78 is 2.09. The number of aromatic nitrogens is 3. The molecule has 1 aromatic carbocycles. The third-order valence-electron chi connectivity index (χ3n) is 4.26. The van der Waals surface area contributed by atoms with Crippen LogP contribution in [0.25, 0.3) is 0 Å². The van der Waals surface area contributed by atoms with Gasteiger partial charge < -0.3 is 14.8 Å². The molecule has 0 aliphatic heterocycles. The Balaban J connectivity index is 1.67. The quantitative estimate of drug-likeness (QED) is 0.624. The summed E-state index contributed by atoms with van der Waals surface area (Å²) >= 11 is 5.73. The van der Waals surface area contributed by atoms with Crippen LogP contribution < -0.4 is 5.32 Å². The molecule has 0 atom stereocenters. The van der Waals surface area contributed by atoms with Crippen molar-refractivity contribution in [3.05, 3.63) is 78.1 Å². The molecule has 0 radical (unpaired) electrons. The van der Waals surface area contributed by atoms with Crippen LogP contribution in [0.2, 0.25) is 0 Å². The van der Waals surface area contributed by atoms with Crippen molar-refractivity contribution in [3.63, 3.8) is 0 Å². The molecule has 2 heterocycles. The Kier molecular flexibility index (Phi) is 6.54. The van der Waals surface area contributed by atoms with E-state index in [-0.39, 0.29) is 0 Å². The number of nitrogens with zero attached hydrogens (tertiary/aromatic N) is 4. The molecule has 0 bridgehead atoms. The Morgan fingerprint density at radius 1 is 1.15 bits per heavy atom. The summed E-state index contributed by atoms with van der Waals surface area (Å²) in [6.07, 6.45) is 10.3. The zero-order valence-electron chi connectivity index (χ0n) is 15.8. The van der Waals surface area contributed by atoms with Crippen LogP contribution >= 0.6 is 12.2 Å². The van der Waals surface area contributed by atoms with Crippen molar-refractivity contribution >= 4 is 23.0 Å². The van der Waals surface area contributed by atoms with Crippen LogP contribution in [0.5, 0.6) is 0 Å². The molecular formula is C21H25N5S. The molecule has 0 saturated heterocycles.